The quantitative estimate of drug-likeness (QED) is 0.583. The van der Waals surface area contributed by atoms with Crippen molar-refractivity contribution >= 4 is 23.5 Å². The Morgan fingerprint density at radius 3 is 2.50 bits per heavy atom. The highest BCUT2D eigenvalue weighted by molar-refractivity contribution is 6.31. The molecule has 30 heavy (non-hydrogen) atoms. The van der Waals surface area contributed by atoms with Crippen LogP contribution in [0.3, 0.4) is 0 Å². The first-order chi connectivity index (χ1) is 14.0. The predicted molar refractivity (Wildman–Crippen MR) is 119 cm³/mol. The fourth-order valence-corrected chi connectivity index (χ4v) is 3.57. The maximum Gasteiger partial charge on any atom is 0.410 e. The second-order valence-corrected chi connectivity index (χ2v) is 8.94. The van der Waals surface area contributed by atoms with Crippen LogP contribution >= 0.6 is 11.6 Å². The number of carbonyl (C=O) groups is 2. The number of amides is 1. The molecule has 1 aromatic carbocycles. The van der Waals surface area contributed by atoms with E-state index in [1.54, 1.807) is 11.1 Å². The molecule has 1 unspecified atom stereocenters. The maximum atomic E-state index is 12.1. The number of hydrogen-bond acceptors (Lipinski definition) is 4. The van der Waals surface area contributed by atoms with Gasteiger partial charge in [0.25, 0.3) is 0 Å². The Kier molecular flexibility index (Phi) is 8.07. The second-order valence-electron chi connectivity index (χ2n) is 8.54. The number of halogens is 1. The molecule has 6 nitrogen and oxygen atoms in total. The third kappa shape index (κ3) is 6.33. The lowest BCUT2D eigenvalue weighted by molar-refractivity contribution is 0.0169. The molecular weight excluding hydrogens is 402 g/mol. The van der Waals surface area contributed by atoms with E-state index in [2.05, 4.69) is 18.0 Å². The number of ether oxygens (including phenoxy) is 1. The molecule has 0 aliphatic carbocycles. The Morgan fingerprint density at radius 1 is 1.27 bits per heavy atom. The standard InChI is InChI=1S/C14H21N3O3.C9H11Cl/c1-9-7-16(13(19)20-14(3,4)5)8-12-15-6-11(10(2)18)17(9)12;1-2-5-8-6-3-4-7-9(8)10/h6,9H,7-8H2,1-5H3;3-4,6-7H,2,5H2,1H3. The first-order valence-electron chi connectivity index (χ1n) is 10.3. The Labute approximate surface area is 184 Å². The molecule has 0 N–H and O–H groups in total. The predicted octanol–water partition coefficient (Wildman–Crippen LogP) is 5.69. The van der Waals surface area contributed by atoms with Crippen molar-refractivity contribution in [2.75, 3.05) is 6.54 Å². The van der Waals surface area contributed by atoms with E-state index >= 15 is 0 Å². The van der Waals surface area contributed by atoms with Crippen LogP contribution in [0.1, 0.15) is 75.9 Å². The summed E-state index contributed by atoms with van der Waals surface area (Å²) < 4.78 is 7.28. The van der Waals surface area contributed by atoms with Crippen LogP contribution in [0.5, 0.6) is 0 Å². The Bertz CT molecular complexity index is 886. The number of aryl methyl sites for hydroxylation is 1. The van der Waals surface area contributed by atoms with E-state index in [4.69, 9.17) is 16.3 Å². The number of imidazole rings is 1. The Morgan fingerprint density at radius 2 is 1.93 bits per heavy atom. The molecule has 1 amide bonds. The Hall–Kier alpha value is -2.34. The van der Waals surface area contributed by atoms with Crippen LogP contribution in [0, 0.1) is 0 Å². The van der Waals surface area contributed by atoms with Crippen LogP contribution in [-0.2, 0) is 17.7 Å². The van der Waals surface area contributed by atoms with Gasteiger partial charge in [-0.25, -0.2) is 9.78 Å². The van der Waals surface area contributed by atoms with Gasteiger partial charge in [-0.2, -0.15) is 0 Å². The zero-order valence-electron chi connectivity index (χ0n) is 18.7. The van der Waals surface area contributed by atoms with Crippen LogP contribution in [-0.4, -0.2) is 38.5 Å². The van der Waals surface area contributed by atoms with Gasteiger partial charge in [-0.15, -0.1) is 0 Å². The third-order valence-corrected chi connectivity index (χ3v) is 4.99. The van der Waals surface area contributed by atoms with Crippen molar-refractivity contribution in [3.05, 3.63) is 52.6 Å². The zero-order valence-corrected chi connectivity index (χ0v) is 19.5. The number of rotatable bonds is 3. The van der Waals surface area contributed by atoms with E-state index in [1.807, 2.05) is 50.5 Å². The number of nitrogens with zero attached hydrogens (tertiary/aromatic N) is 3. The molecule has 3 rings (SSSR count). The molecule has 1 atom stereocenters. The molecular formula is C23H32ClN3O3. The number of benzene rings is 1. The van der Waals surface area contributed by atoms with Crippen molar-refractivity contribution in [3.63, 3.8) is 0 Å². The van der Waals surface area contributed by atoms with Crippen molar-refractivity contribution in [3.8, 4) is 0 Å². The first-order valence-corrected chi connectivity index (χ1v) is 10.7. The molecule has 2 aromatic rings. The van der Waals surface area contributed by atoms with E-state index < -0.39 is 5.60 Å². The van der Waals surface area contributed by atoms with Crippen molar-refractivity contribution in [1.82, 2.24) is 14.5 Å². The fourth-order valence-electron chi connectivity index (χ4n) is 3.34. The molecule has 0 spiro atoms. The highest BCUT2D eigenvalue weighted by Crippen LogP contribution is 2.24. The molecule has 2 heterocycles. The second kappa shape index (κ2) is 10.1. The van der Waals surface area contributed by atoms with Crippen LogP contribution < -0.4 is 0 Å². The normalized spacial score (nSPS) is 15.7. The number of hydrogen-bond donors (Lipinski definition) is 0. The van der Waals surface area contributed by atoms with Gasteiger partial charge < -0.3 is 9.30 Å². The third-order valence-electron chi connectivity index (χ3n) is 4.62. The summed E-state index contributed by atoms with van der Waals surface area (Å²) in [4.78, 5) is 29.5. The lowest BCUT2D eigenvalue weighted by Crippen LogP contribution is -2.43. The molecule has 1 aliphatic rings. The SMILES string of the molecule is CC(=O)c1cnc2n1C(C)CN(C(=O)OC(C)(C)C)C2.CCCc1ccccc1Cl. The Balaban J connectivity index is 0.000000269. The number of aromatic nitrogens is 2. The topological polar surface area (TPSA) is 64.4 Å². The zero-order chi connectivity index (χ0) is 22.5. The largest absolute Gasteiger partial charge is 0.444 e. The molecule has 7 heteroatoms. The van der Waals surface area contributed by atoms with E-state index in [1.165, 1.54) is 12.5 Å². The highest BCUT2D eigenvalue weighted by atomic mass is 35.5. The van der Waals surface area contributed by atoms with Gasteiger partial charge in [0.1, 0.15) is 17.1 Å². The van der Waals surface area contributed by atoms with Gasteiger partial charge in [0, 0.05) is 18.5 Å². The monoisotopic (exact) mass is 433 g/mol. The molecule has 1 aromatic heterocycles. The average molecular weight is 434 g/mol. The van der Waals surface area contributed by atoms with E-state index in [9.17, 15) is 9.59 Å². The molecule has 164 valence electrons. The lowest BCUT2D eigenvalue weighted by Gasteiger charge is -2.34. The average Bonchev–Trinajstić information content (AvgIpc) is 3.08. The van der Waals surface area contributed by atoms with Crippen LogP contribution in [0.15, 0.2) is 30.5 Å². The van der Waals surface area contributed by atoms with E-state index in [0.29, 0.717) is 18.8 Å². The first kappa shape index (κ1) is 23.9. The van der Waals surface area contributed by atoms with E-state index in [0.717, 1.165) is 23.7 Å². The molecule has 0 saturated carbocycles. The maximum absolute atomic E-state index is 12.1. The molecule has 1 aliphatic heterocycles. The number of fused-ring (bicyclic) bond motifs is 1. The lowest BCUT2D eigenvalue weighted by atomic mass is 10.1. The van der Waals surface area contributed by atoms with Crippen LogP contribution in [0.25, 0.3) is 0 Å². The minimum atomic E-state index is -0.516. The summed E-state index contributed by atoms with van der Waals surface area (Å²) in [6.07, 6.45) is 3.47. The van der Waals surface area contributed by atoms with Gasteiger partial charge in [0.05, 0.1) is 18.8 Å². The minimum absolute atomic E-state index is 0.00710. The summed E-state index contributed by atoms with van der Waals surface area (Å²) in [6, 6.07) is 8.00. The van der Waals surface area contributed by atoms with Gasteiger partial charge in [0.2, 0.25) is 0 Å². The van der Waals surface area contributed by atoms with E-state index in [-0.39, 0.29) is 17.9 Å². The van der Waals surface area contributed by atoms with Gasteiger partial charge in [-0.3, -0.25) is 9.69 Å². The highest BCUT2D eigenvalue weighted by Gasteiger charge is 2.31. The molecule has 0 fully saturated rings. The molecule has 0 saturated heterocycles. The number of Topliss-reactive ketones (excluding diaryl/α,β-unsaturated/α-hetero) is 1. The van der Waals surface area contributed by atoms with Crippen molar-refractivity contribution < 1.29 is 14.3 Å². The summed E-state index contributed by atoms with van der Waals surface area (Å²) in [5, 5.41) is 0.893. The molecule has 0 radical (unpaired) electrons. The van der Waals surface area contributed by atoms with Gasteiger partial charge in [-0.1, -0.05) is 43.1 Å². The summed E-state index contributed by atoms with van der Waals surface area (Å²) in [5.41, 5.74) is 1.33. The summed E-state index contributed by atoms with van der Waals surface area (Å²) in [5.74, 6) is 0.709. The smallest absolute Gasteiger partial charge is 0.410 e. The van der Waals surface area contributed by atoms with Gasteiger partial charge in [-0.05, 0) is 45.7 Å². The summed E-state index contributed by atoms with van der Waals surface area (Å²) in [7, 11) is 0. The van der Waals surface area contributed by atoms with Crippen LogP contribution in [0.4, 0.5) is 4.79 Å². The molecule has 0 bridgehead atoms. The van der Waals surface area contributed by atoms with Crippen molar-refractivity contribution in [2.45, 2.75) is 72.6 Å². The summed E-state index contributed by atoms with van der Waals surface area (Å²) in [6.45, 7) is 12.0. The number of carbonyl (C=O) groups excluding carboxylic acids is 2. The number of ketones is 1. The fraction of sp³-hybridized carbons (Fsp3) is 0.522. The van der Waals surface area contributed by atoms with Crippen LogP contribution in [0.2, 0.25) is 5.02 Å². The summed E-state index contributed by atoms with van der Waals surface area (Å²) >= 11 is 5.90. The van der Waals surface area contributed by atoms with Crippen molar-refractivity contribution in [2.24, 2.45) is 0 Å². The minimum Gasteiger partial charge on any atom is -0.444 e. The van der Waals surface area contributed by atoms with Gasteiger partial charge in [0.15, 0.2) is 5.78 Å². The van der Waals surface area contributed by atoms with Crippen molar-refractivity contribution in [1.29, 1.82) is 0 Å². The van der Waals surface area contributed by atoms with Gasteiger partial charge >= 0.3 is 6.09 Å².